The smallest absolute Gasteiger partial charge is 0.0682 e. The standard InChI is InChI=1S/C13H16N2/c1-8-6-14-12(10(8)3)5-13-11(4)9(2)7-15-13/h5-7,14H,1-4H3/b13-5-. The maximum atomic E-state index is 4.39. The van der Waals surface area contributed by atoms with Gasteiger partial charge in [0.1, 0.15) is 0 Å². The van der Waals surface area contributed by atoms with Gasteiger partial charge in [-0.3, -0.25) is 4.99 Å². The Balaban J connectivity index is 2.41. The number of H-pyrrole nitrogens is 1. The van der Waals surface area contributed by atoms with E-state index >= 15 is 0 Å². The number of rotatable bonds is 1. The fourth-order valence-corrected chi connectivity index (χ4v) is 1.61. The van der Waals surface area contributed by atoms with Crippen molar-refractivity contribution < 1.29 is 0 Å². The van der Waals surface area contributed by atoms with E-state index in [0.717, 1.165) is 11.4 Å². The quantitative estimate of drug-likeness (QED) is 0.719. The third kappa shape index (κ3) is 1.67. The molecule has 1 aliphatic heterocycles. The van der Waals surface area contributed by atoms with Crippen molar-refractivity contribution in [3.05, 3.63) is 39.9 Å². The fraction of sp³-hybridized carbons (Fsp3) is 0.308. The van der Waals surface area contributed by atoms with Crippen LogP contribution in [0.2, 0.25) is 0 Å². The summed E-state index contributed by atoms with van der Waals surface area (Å²) in [5.74, 6) is 0. The zero-order valence-corrected chi connectivity index (χ0v) is 9.68. The van der Waals surface area contributed by atoms with Crippen molar-refractivity contribution in [3.8, 4) is 0 Å². The number of aliphatic imine (C=N–C) groups is 1. The van der Waals surface area contributed by atoms with Gasteiger partial charge in [-0.15, -0.1) is 0 Å². The molecule has 0 spiro atoms. The van der Waals surface area contributed by atoms with Crippen LogP contribution in [-0.4, -0.2) is 11.2 Å². The Morgan fingerprint density at radius 2 is 1.93 bits per heavy atom. The Morgan fingerprint density at radius 1 is 1.20 bits per heavy atom. The van der Waals surface area contributed by atoms with Crippen molar-refractivity contribution >= 4 is 12.3 Å². The zero-order chi connectivity index (χ0) is 11.0. The molecule has 0 bridgehead atoms. The van der Waals surface area contributed by atoms with E-state index < -0.39 is 0 Å². The average molecular weight is 200 g/mol. The molecule has 1 N–H and O–H groups in total. The Labute approximate surface area is 90.4 Å². The summed E-state index contributed by atoms with van der Waals surface area (Å²) in [7, 11) is 0. The van der Waals surface area contributed by atoms with Gasteiger partial charge in [-0.1, -0.05) is 0 Å². The number of hydrogen-bond donors (Lipinski definition) is 1. The zero-order valence-electron chi connectivity index (χ0n) is 9.68. The summed E-state index contributed by atoms with van der Waals surface area (Å²) in [5.41, 5.74) is 7.34. The molecule has 0 aliphatic carbocycles. The first-order valence-corrected chi connectivity index (χ1v) is 5.18. The van der Waals surface area contributed by atoms with Crippen LogP contribution in [0.4, 0.5) is 0 Å². The highest BCUT2D eigenvalue weighted by Gasteiger charge is 2.09. The van der Waals surface area contributed by atoms with Crippen LogP contribution in [0.1, 0.15) is 30.7 Å². The monoisotopic (exact) mass is 200 g/mol. The van der Waals surface area contributed by atoms with E-state index in [1.165, 1.54) is 22.3 Å². The van der Waals surface area contributed by atoms with E-state index in [0.29, 0.717) is 0 Å². The minimum absolute atomic E-state index is 1.07. The maximum absolute atomic E-state index is 4.39. The second-order valence-electron chi connectivity index (χ2n) is 4.11. The highest BCUT2D eigenvalue weighted by molar-refractivity contribution is 5.87. The minimum atomic E-state index is 1.07. The summed E-state index contributed by atoms with van der Waals surface area (Å²) in [6, 6.07) is 0. The van der Waals surface area contributed by atoms with Crippen molar-refractivity contribution in [2.24, 2.45) is 4.99 Å². The largest absolute Gasteiger partial charge is 0.361 e. The molecule has 0 fully saturated rings. The van der Waals surface area contributed by atoms with E-state index in [1.54, 1.807) is 0 Å². The number of allylic oxidation sites excluding steroid dienone is 2. The third-order valence-electron chi connectivity index (χ3n) is 3.09. The normalized spacial score (nSPS) is 18.3. The number of nitrogens with one attached hydrogen (secondary N) is 1. The molecule has 1 aromatic rings. The lowest BCUT2D eigenvalue weighted by Gasteiger charge is -1.98. The van der Waals surface area contributed by atoms with Crippen LogP contribution in [-0.2, 0) is 0 Å². The summed E-state index contributed by atoms with van der Waals surface area (Å²) in [4.78, 5) is 7.65. The molecule has 2 heteroatoms. The predicted octanol–water partition coefficient (Wildman–Crippen LogP) is 3.39. The Kier molecular flexibility index (Phi) is 2.35. The van der Waals surface area contributed by atoms with E-state index in [2.05, 4.69) is 43.7 Å². The number of nitrogens with zero attached hydrogens (tertiary/aromatic N) is 1. The number of hydrogen-bond acceptors (Lipinski definition) is 1. The predicted molar refractivity (Wildman–Crippen MR) is 65.1 cm³/mol. The van der Waals surface area contributed by atoms with Crippen LogP contribution in [0.15, 0.2) is 28.0 Å². The van der Waals surface area contributed by atoms with Crippen LogP contribution >= 0.6 is 0 Å². The second kappa shape index (κ2) is 3.54. The van der Waals surface area contributed by atoms with Crippen LogP contribution in [0.3, 0.4) is 0 Å². The van der Waals surface area contributed by atoms with Crippen molar-refractivity contribution in [2.45, 2.75) is 27.7 Å². The lowest BCUT2D eigenvalue weighted by Crippen LogP contribution is -1.82. The molecular weight excluding hydrogens is 184 g/mol. The highest BCUT2D eigenvalue weighted by Crippen LogP contribution is 2.24. The fourth-order valence-electron chi connectivity index (χ4n) is 1.61. The van der Waals surface area contributed by atoms with Gasteiger partial charge in [0.2, 0.25) is 0 Å². The maximum Gasteiger partial charge on any atom is 0.0682 e. The van der Waals surface area contributed by atoms with Gasteiger partial charge in [0.05, 0.1) is 5.70 Å². The van der Waals surface area contributed by atoms with Crippen LogP contribution in [0.25, 0.3) is 6.08 Å². The summed E-state index contributed by atoms with van der Waals surface area (Å²) in [5, 5.41) is 0. The molecule has 0 radical (unpaired) electrons. The highest BCUT2D eigenvalue weighted by atomic mass is 14.8. The molecule has 0 saturated heterocycles. The van der Waals surface area contributed by atoms with Gasteiger partial charge in [0.15, 0.2) is 0 Å². The Morgan fingerprint density at radius 3 is 2.40 bits per heavy atom. The topological polar surface area (TPSA) is 28.1 Å². The number of aryl methyl sites for hydroxylation is 1. The molecule has 2 heterocycles. The molecule has 0 saturated carbocycles. The first-order chi connectivity index (χ1) is 7.09. The second-order valence-corrected chi connectivity index (χ2v) is 4.11. The Hall–Kier alpha value is -1.57. The number of aromatic nitrogens is 1. The van der Waals surface area contributed by atoms with Crippen LogP contribution in [0, 0.1) is 13.8 Å². The van der Waals surface area contributed by atoms with Gasteiger partial charge in [-0.25, -0.2) is 0 Å². The van der Waals surface area contributed by atoms with Gasteiger partial charge in [0.25, 0.3) is 0 Å². The molecule has 1 aromatic heterocycles. The van der Waals surface area contributed by atoms with Gasteiger partial charge in [-0.2, -0.15) is 0 Å². The lowest BCUT2D eigenvalue weighted by molar-refractivity contribution is 1.29. The van der Waals surface area contributed by atoms with Crippen LogP contribution in [0.5, 0.6) is 0 Å². The molecule has 78 valence electrons. The van der Waals surface area contributed by atoms with Crippen molar-refractivity contribution in [3.63, 3.8) is 0 Å². The van der Waals surface area contributed by atoms with Gasteiger partial charge >= 0.3 is 0 Å². The molecule has 0 unspecified atom stereocenters. The molecule has 0 amide bonds. The summed E-state index contributed by atoms with van der Waals surface area (Å²) < 4.78 is 0. The number of aromatic amines is 1. The van der Waals surface area contributed by atoms with Crippen molar-refractivity contribution in [2.75, 3.05) is 0 Å². The van der Waals surface area contributed by atoms with Gasteiger partial charge in [0, 0.05) is 18.1 Å². The molecule has 1 aliphatic rings. The summed E-state index contributed by atoms with van der Waals surface area (Å²) >= 11 is 0. The molecular formula is C13H16N2. The first kappa shape index (κ1) is 9.97. The SMILES string of the molecule is CC1=C(C)/C(=C/c2[nH]cc(C)c2C)N=C1. The van der Waals surface area contributed by atoms with E-state index in [4.69, 9.17) is 0 Å². The first-order valence-electron chi connectivity index (χ1n) is 5.18. The molecule has 0 aromatic carbocycles. The van der Waals surface area contributed by atoms with Crippen LogP contribution < -0.4 is 0 Å². The van der Waals surface area contributed by atoms with Crippen molar-refractivity contribution in [1.29, 1.82) is 0 Å². The van der Waals surface area contributed by atoms with E-state index in [1.807, 2.05) is 12.4 Å². The Bertz CT molecular complexity index is 485. The summed E-state index contributed by atoms with van der Waals surface area (Å²) in [6.07, 6.45) is 6.07. The van der Waals surface area contributed by atoms with E-state index in [9.17, 15) is 0 Å². The summed E-state index contributed by atoms with van der Waals surface area (Å²) in [6.45, 7) is 8.44. The minimum Gasteiger partial charge on any atom is -0.361 e. The third-order valence-corrected chi connectivity index (χ3v) is 3.09. The van der Waals surface area contributed by atoms with Gasteiger partial charge in [-0.05, 0) is 56.0 Å². The van der Waals surface area contributed by atoms with Crippen molar-refractivity contribution in [1.82, 2.24) is 4.98 Å². The van der Waals surface area contributed by atoms with E-state index in [-0.39, 0.29) is 0 Å². The lowest BCUT2D eigenvalue weighted by atomic mass is 10.1. The molecule has 2 rings (SSSR count). The molecule has 0 atom stereocenters. The molecule has 2 nitrogen and oxygen atoms in total. The molecule has 15 heavy (non-hydrogen) atoms. The average Bonchev–Trinajstić information content (AvgIpc) is 2.68. The van der Waals surface area contributed by atoms with Gasteiger partial charge < -0.3 is 4.98 Å².